The molecule has 0 saturated carbocycles. The van der Waals surface area contributed by atoms with Crippen LogP contribution in [0.1, 0.15) is 93.6 Å². The van der Waals surface area contributed by atoms with Gasteiger partial charge in [0.15, 0.2) is 11.5 Å². The number of phenolic OH excluding ortho intramolecular Hbond substituents is 1. The number of hydrogen-bond donors (Lipinski definition) is 2. The van der Waals surface area contributed by atoms with Crippen molar-refractivity contribution in [3.05, 3.63) is 106 Å². The highest BCUT2D eigenvalue weighted by molar-refractivity contribution is 9.10. The van der Waals surface area contributed by atoms with Crippen LogP contribution in [0.25, 0.3) is 0 Å². The Morgan fingerprint density at radius 3 is 1.93 bits per heavy atom. The van der Waals surface area contributed by atoms with Gasteiger partial charge in [-0.3, -0.25) is 9.59 Å². The van der Waals surface area contributed by atoms with Gasteiger partial charge >= 0.3 is 30.1 Å². The Morgan fingerprint density at radius 1 is 0.782 bits per heavy atom. The average molecular weight is 832 g/mol. The first-order valence-electron chi connectivity index (χ1n) is 16.6. The molecule has 15 heteroatoms. The number of rotatable bonds is 9. The van der Waals surface area contributed by atoms with E-state index in [1.54, 1.807) is 20.8 Å². The molecule has 1 unspecified atom stereocenters. The number of allylic oxidation sites excluding steroid dienone is 2. The number of alkyl halides is 3. The van der Waals surface area contributed by atoms with Gasteiger partial charge in [0.2, 0.25) is 0 Å². The number of phenols is 1. The molecule has 3 aromatic carbocycles. The number of aryl methyl sites for hydroxylation is 1. The molecule has 292 valence electrons. The standard InChI is InChI=1S/C40H38BrF3O11/c1-15-11-24(45)13-27(52-10)29(15)38(50)55-35-22(8)21(7)31(34(46)33(35)41)39(51)54-26-12-16(2)28(20(6)18(26)4)37(49)53-14-25-17(3)19(5)30(36(47)48)23(9)32(25)40(42,43)44/h11-13,29,46H,14H2,1-10H3,(H,47,48). The van der Waals surface area contributed by atoms with Crippen LogP contribution in [0, 0.1) is 61.3 Å². The fourth-order valence-electron chi connectivity index (χ4n) is 6.67. The highest BCUT2D eigenvalue weighted by Crippen LogP contribution is 2.44. The topological polar surface area (TPSA) is 163 Å². The molecule has 3 aromatic rings. The molecule has 11 nitrogen and oxygen atoms in total. The molecule has 0 aliphatic heterocycles. The second-order valence-electron chi connectivity index (χ2n) is 13.2. The molecule has 55 heavy (non-hydrogen) atoms. The number of ether oxygens (including phenoxy) is 4. The zero-order valence-corrected chi connectivity index (χ0v) is 33.2. The van der Waals surface area contributed by atoms with Crippen molar-refractivity contribution in [3.63, 3.8) is 0 Å². The van der Waals surface area contributed by atoms with Crippen LogP contribution in [0.2, 0.25) is 0 Å². The number of aromatic carboxylic acids is 1. The quantitative estimate of drug-likeness (QED) is 0.157. The molecule has 0 fully saturated rings. The zero-order valence-electron chi connectivity index (χ0n) is 31.6. The average Bonchev–Trinajstić information content (AvgIpc) is 3.07. The molecule has 2 N–H and O–H groups in total. The molecule has 0 saturated heterocycles. The molecular formula is C40H38BrF3O11. The summed E-state index contributed by atoms with van der Waals surface area (Å²) in [5, 5.41) is 20.7. The van der Waals surface area contributed by atoms with Crippen LogP contribution in [0.5, 0.6) is 17.2 Å². The molecule has 1 atom stereocenters. The second kappa shape index (κ2) is 15.7. The number of carboxylic acids is 1. The lowest BCUT2D eigenvalue weighted by Gasteiger charge is -2.23. The van der Waals surface area contributed by atoms with E-state index in [2.05, 4.69) is 15.9 Å². The van der Waals surface area contributed by atoms with Gasteiger partial charge < -0.3 is 29.2 Å². The molecule has 1 aliphatic rings. The van der Waals surface area contributed by atoms with Gasteiger partial charge in [0, 0.05) is 11.6 Å². The maximum absolute atomic E-state index is 14.2. The van der Waals surface area contributed by atoms with Crippen LogP contribution in [-0.2, 0) is 31.8 Å². The fraction of sp³-hybridized carbons (Fsp3) is 0.325. The summed E-state index contributed by atoms with van der Waals surface area (Å²) >= 11 is 3.22. The van der Waals surface area contributed by atoms with E-state index in [-0.39, 0.29) is 66.5 Å². The fourth-order valence-corrected chi connectivity index (χ4v) is 7.25. The molecule has 1 aliphatic carbocycles. The van der Waals surface area contributed by atoms with E-state index < -0.39 is 65.0 Å². The highest BCUT2D eigenvalue weighted by Gasteiger charge is 2.39. The molecular weight excluding hydrogens is 793 g/mol. The van der Waals surface area contributed by atoms with Crippen LogP contribution in [-0.4, -0.2) is 47.0 Å². The van der Waals surface area contributed by atoms with Gasteiger partial charge in [-0.25, -0.2) is 14.4 Å². The summed E-state index contributed by atoms with van der Waals surface area (Å²) in [6.45, 7) is 12.2. The van der Waals surface area contributed by atoms with Gasteiger partial charge in [0.1, 0.15) is 39.8 Å². The van der Waals surface area contributed by atoms with E-state index >= 15 is 0 Å². The molecule has 0 aromatic heterocycles. The number of halogens is 4. The monoisotopic (exact) mass is 830 g/mol. The molecule has 4 rings (SSSR count). The predicted octanol–water partition coefficient (Wildman–Crippen LogP) is 8.50. The van der Waals surface area contributed by atoms with Gasteiger partial charge in [0.25, 0.3) is 0 Å². The van der Waals surface area contributed by atoms with Gasteiger partial charge in [-0.1, -0.05) is 0 Å². The number of esters is 3. The number of carbonyl (C=O) groups excluding carboxylic acids is 4. The highest BCUT2D eigenvalue weighted by atomic mass is 79.9. The van der Waals surface area contributed by atoms with Crippen molar-refractivity contribution in [2.24, 2.45) is 5.92 Å². The number of aromatic hydroxyl groups is 1. The first kappa shape index (κ1) is 42.3. The number of carboxylic acid groups (broad SMARTS) is 1. The van der Waals surface area contributed by atoms with Gasteiger partial charge in [-0.05, 0) is 140 Å². The smallest absolute Gasteiger partial charge is 0.417 e. The minimum absolute atomic E-state index is 0.0123. The lowest BCUT2D eigenvalue weighted by molar-refractivity contribution is -0.139. The SMILES string of the molecule is COC1=CC(=O)C=C(C)C1C(=O)Oc1c(C)c(C)c(C(=O)Oc2cc(C)c(C(=O)OCc3c(C)c(C)c(C(=O)O)c(C)c3C(F)(F)F)c(C)c2C)c(O)c1Br. The maximum Gasteiger partial charge on any atom is 0.417 e. The Kier molecular flexibility index (Phi) is 12.1. The summed E-state index contributed by atoms with van der Waals surface area (Å²) in [6.07, 6.45) is -2.49. The Bertz CT molecular complexity index is 2240. The third-order valence-corrected chi connectivity index (χ3v) is 10.7. The summed E-state index contributed by atoms with van der Waals surface area (Å²) in [6, 6.07) is 1.37. The summed E-state index contributed by atoms with van der Waals surface area (Å²) in [5.74, 6) is -6.23. The van der Waals surface area contributed by atoms with E-state index in [1.807, 2.05) is 0 Å². The minimum Gasteiger partial charge on any atom is -0.506 e. The summed E-state index contributed by atoms with van der Waals surface area (Å²) in [5.41, 5.74) is -0.868. The molecule has 0 heterocycles. The van der Waals surface area contributed by atoms with Crippen molar-refractivity contribution in [3.8, 4) is 17.2 Å². The van der Waals surface area contributed by atoms with E-state index in [9.17, 15) is 47.4 Å². The number of benzene rings is 3. The molecule has 0 amide bonds. The summed E-state index contributed by atoms with van der Waals surface area (Å²) in [4.78, 5) is 64.0. The zero-order chi connectivity index (χ0) is 41.6. The van der Waals surface area contributed by atoms with E-state index in [0.717, 1.165) is 6.92 Å². The van der Waals surface area contributed by atoms with Gasteiger partial charge in [-0.15, -0.1) is 0 Å². The Morgan fingerprint density at radius 2 is 1.36 bits per heavy atom. The number of methoxy groups -OCH3 is 1. The number of ketones is 1. The van der Waals surface area contributed by atoms with Crippen LogP contribution in [0.3, 0.4) is 0 Å². The second-order valence-corrected chi connectivity index (χ2v) is 14.0. The first-order valence-corrected chi connectivity index (χ1v) is 17.4. The normalized spacial score (nSPS) is 14.2. The van der Waals surface area contributed by atoms with Crippen molar-refractivity contribution >= 4 is 45.6 Å². The van der Waals surface area contributed by atoms with E-state index in [0.29, 0.717) is 22.3 Å². The lowest BCUT2D eigenvalue weighted by atomic mass is 9.88. The number of carbonyl (C=O) groups is 5. The summed E-state index contributed by atoms with van der Waals surface area (Å²) in [7, 11) is 1.31. The van der Waals surface area contributed by atoms with Crippen molar-refractivity contribution in [1.29, 1.82) is 0 Å². The van der Waals surface area contributed by atoms with Crippen molar-refractivity contribution in [2.75, 3.05) is 7.11 Å². The largest absolute Gasteiger partial charge is 0.506 e. The van der Waals surface area contributed by atoms with Crippen molar-refractivity contribution in [1.82, 2.24) is 0 Å². The third kappa shape index (κ3) is 7.88. The van der Waals surface area contributed by atoms with Crippen LogP contribution < -0.4 is 9.47 Å². The molecule has 0 radical (unpaired) electrons. The predicted molar refractivity (Wildman–Crippen MR) is 196 cm³/mol. The van der Waals surface area contributed by atoms with Crippen molar-refractivity contribution in [2.45, 2.75) is 75.1 Å². The first-order chi connectivity index (χ1) is 25.5. The molecule has 0 bridgehead atoms. The van der Waals surface area contributed by atoms with Crippen LogP contribution in [0.4, 0.5) is 13.2 Å². The minimum atomic E-state index is -4.94. The van der Waals surface area contributed by atoms with Crippen LogP contribution in [0.15, 0.2) is 34.0 Å². The Balaban J connectivity index is 1.63. The molecule has 0 spiro atoms. The van der Waals surface area contributed by atoms with Crippen LogP contribution >= 0.6 is 15.9 Å². The summed E-state index contributed by atoms with van der Waals surface area (Å²) < 4.78 is 64.5. The van der Waals surface area contributed by atoms with Crippen molar-refractivity contribution < 1.29 is 66.3 Å². The Hall–Kier alpha value is -5.44. The van der Waals surface area contributed by atoms with Gasteiger partial charge in [-0.2, -0.15) is 13.2 Å². The Labute approximate surface area is 322 Å². The maximum atomic E-state index is 14.2. The van der Waals surface area contributed by atoms with Gasteiger partial charge in [0.05, 0.1) is 23.8 Å². The third-order valence-electron chi connectivity index (χ3n) is 9.94. The lowest BCUT2D eigenvalue weighted by Crippen LogP contribution is -2.28. The number of hydrogen-bond acceptors (Lipinski definition) is 10. The van der Waals surface area contributed by atoms with E-state index in [4.69, 9.17) is 18.9 Å². The van der Waals surface area contributed by atoms with E-state index in [1.165, 1.54) is 59.9 Å².